The standard InChI is InChI=1S/C28H34BrNO4/c1-7-30-19-11-27(3,4)13-21(32)25(19)24(26-20(30)12-28(5,6)14-22(26)33)17-8-9-23(18(29)10-17)34-15-16(2)31/h8-10,24H,7,11-15H2,1-6H3. The van der Waals surface area contributed by atoms with Crippen molar-refractivity contribution in [2.75, 3.05) is 13.2 Å². The Morgan fingerprint density at radius 3 is 1.97 bits per heavy atom. The van der Waals surface area contributed by atoms with Crippen molar-refractivity contribution in [2.45, 2.75) is 73.1 Å². The highest BCUT2D eigenvalue weighted by Gasteiger charge is 2.48. The lowest BCUT2D eigenvalue weighted by Crippen LogP contribution is -2.44. The fraction of sp³-hybridized carbons (Fsp3) is 0.536. The Hall–Kier alpha value is -2.21. The zero-order valence-corrected chi connectivity index (χ0v) is 22.6. The molecule has 0 saturated carbocycles. The van der Waals surface area contributed by atoms with Gasteiger partial charge in [-0.3, -0.25) is 14.4 Å². The van der Waals surface area contributed by atoms with Gasteiger partial charge in [0.2, 0.25) is 0 Å². The molecule has 0 bridgehead atoms. The SMILES string of the molecule is CCN1C2=C(C(=O)CC(C)(C)C2)C(c2ccc(OCC(C)=O)c(Br)c2)C2=C1CC(C)(C)CC2=O. The zero-order valence-electron chi connectivity index (χ0n) is 21.0. The van der Waals surface area contributed by atoms with E-state index in [2.05, 4.69) is 55.4 Å². The molecule has 0 N–H and O–H groups in total. The third-order valence-electron chi connectivity index (χ3n) is 7.06. The maximum absolute atomic E-state index is 13.6. The molecule has 0 atom stereocenters. The molecular weight excluding hydrogens is 494 g/mol. The van der Waals surface area contributed by atoms with Gasteiger partial charge in [-0.1, -0.05) is 33.8 Å². The van der Waals surface area contributed by atoms with Crippen LogP contribution in [0.1, 0.15) is 78.7 Å². The average molecular weight is 528 g/mol. The summed E-state index contributed by atoms with van der Waals surface area (Å²) in [7, 11) is 0. The predicted octanol–water partition coefficient (Wildman–Crippen LogP) is 6.12. The van der Waals surface area contributed by atoms with Crippen molar-refractivity contribution in [1.82, 2.24) is 4.90 Å². The minimum absolute atomic E-state index is 0.00141. The minimum atomic E-state index is -0.377. The van der Waals surface area contributed by atoms with Crippen LogP contribution >= 0.6 is 15.9 Å². The van der Waals surface area contributed by atoms with E-state index in [9.17, 15) is 14.4 Å². The second-order valence-electron chi connectivity index (χ2n) is 11.5. The lowest BCUT2D eigenvalue weighted by Gasteiger charge is -2.48. The van der Waals surface area contributed by atoms with E-state index < -0.39 is 0 Å². The number of allylic oxidation sites excluding steroid dienone is 4. The zero-order chi connectivity index (χ0) is 25.0. The molecule has 0 amide bonds. The molecule has 0 radical (unpaired) electrons. The summed E-state index contributed by atoms with van der Waals surface area (Å²) in [6, 6.07) is 5.70. The number of carbonyl (C=O) groups is 3. The summed E-state index contributed by atoms with van der Waals surface area (Å²) in [5.74, 6) is 0.399. The Balaban J connectivity index is 1.90. The van der Waals surface area contributed by atoms with Crippen LogP contribution in [0.15, 0.2) is 45.2 Å². The molecule has 0 fully saturated rings. The van der Waals surface area contributed by atoms with E-state index in [-0.39, 0.29) is 40.7 Å². The number of nitrogens with zero attached hydrogens (tertiary/aromatic N) is 1. The third-order valence-corrected chi connectivity index (χ3v) is 7.68. The normalized spacial score (nSPS) is 22.0. The van der Waals surface area contributed by atoms with Gasteiger partial charge in [0.25, 0.3) is 0 Å². The Bertz CT molecular complexity index is 1090. The highest BCUT2D eigenvalue weighted by atomic mass is 79.9. The molecule has 1 aromatic rings. The lowest BCUT2D eigenvalue weighted by molar-refractivity contribution is -0.120. The van der Waals surface area contributed by atoms with E-state index in [0.29, 0.717) is 23.1 Å². The Morgan fingerprint density at radius 1 is 1.00 bits per heavy atom. The molecule has 4 rings (SSSR count). The van der Waals surface area contributed by atoms with Crippen LogP contribution in [0.3, 0.4) is 0 Å². The highest BCUT2D eigenvalue weighted by molar-refractivity contribution is 9.10. The monoisotopic (exact) mass is 527 g/mol. The number of ether oxygens (including phenoxy) is 1. The topological polar surface area (TPSA) is 63.7 Å². The fourth-order valence-corrected chi connectivity index (χ4v) is 6.27. The lowest BCUT2D eigenvalue weighted by atomic mass is 9.63. The molecule has 2 aliphatic carbocycles. The maximum Gasteiger partial charge on any atom is 0.167 e. The summed E-state index contributed by atoms with van der Waals surface area (Å²) in [5.41, 5.74) is 4.36. The van der Waals surface area contributed by atoms with Crippen molar-refractivity contribution >= 4 is 33.3 Å². The first-order valence-electron chi connectivity index (χ1n) is 12.1. The Morgan fingerprint density at radius 2 is 1.53 bits per heavy atom. The molecule has 6 heteroatoms. The van der Waals surface area contributed by atoms with E-state index in [1.54, 1.807) is 0 Å². The van der Waals surface area contributed by atoms with Gasteiger partial charge in [0.05, 0.1) is 4.47 Å². The van der Waals surface area contributed by atoms with Crippen LogP contribution in [-0.4, -0.2) is 35.4 Å². The fourth-order valence-electron chi connectivity index (χ4n) is 5.76. The Kier molecular flexibility index (Phi) is 6.43. The number of benzene rings is 1. The molecule has 1 aromatic carbocycles. The van der Waals surface area contributed by atoms with Gasteiger partial charge < -0.3 is 9.64 Å². The number of hydrogen-bond acceptors (Lipinski definition) is 5. The highest BCUT2D eigenvalue weighted by Crippen LogP contribution is 2.54. The van der Waals surface area contributed by atoms with E-state index in [4.69, 9.17) is 4.74 Å². The van der Waals surface area contributed by atoms with E-state index in [1.165, 1.54) is 6.92 Å². The van der Waals surface area contributed by atoms with Gasteiger partial charge in [-0.15, -0.1) is 0 Å². The van der Waals surface area contributed by atoms with Crippen LogP contribution in [-0.2, 0) is 14.4 Å². The van der Waals surface area contributed by atoms with Gasteiger partial charge in [-0.2, -0.15) is 0 Å². The number of ketones is 3. The molecule has 1 aliphatic heterocycles. The van der Waals surface area contributed by atoms with Crippen molar-refractivity contribution in [3.8, 4) is 5.75 Å². The molecule has 1 heterocycles. The van der Waals surface area contributed by atoms with E-state index in [0.717, 1.165) is 47.5 Å². The van der Waals surface area contributed by atoms with Crippen molar-refractivity contribution in [2.24, 2.45) is 10.8 Å². The number of Topliss-reactive ketones (excluding diaryl/α,β-unsaturated/α-hetero) is 3. The minimum Gasteiger partial charge on any atom is -0.485 e. The van der Waals surface area contributed by atoms with Crippen LogP contribution < -0.4 is 4.74 Å². The van der Waals surface area contributed by atoms with Crippen molar-refractivity contribution in [1.29, 1.82) is 0 Å². The third kappa shape index (κ3) is 4.53. The molecule has 3 aliphatic rings. The van der Waals surface area contributed by atoms with E-state index in [1.807, 2.05) is 18.2 Å². The Labute approximate surface area is 210 Å². The summed E-state index contributed by atoms with van der Waals surface area (Å²) in [6.07, 6.45) is 2.57. The largest absolute Gasteiger partial charge is 0.485 e. The first kappa shape index (κ1) is 24.9. The average Bonchev–Trinajstić information content (AvgIpc) is 2.69. The van der Waals surface area contributed by atoms with Crippen LogP contribution in [0.5, 0.6) is 5.75 Å². The molecule has 5 nitrogen and oxygen atoms in total. The molecule has 0 spiro atoms. The second-order valence-corrected chi connectivity index (χ2v) is 12.3. The van der Waals surface area contributed by atoms with Crippen molar-refractivity contribution < 1.29 is 19.1 Å². The maximum atomic E-state index is 13.6. The number of hydrogen-bond donors (Lipinski definition) is 0. The van der Waals surface area contributed by atoms with Gasteiger partial charge in [0.1, 0.15) is 12.4 Å². The van der Waals surface area contributed by atoms with Gasteiger partial charge in [-0.05, 0) is 71.1 Å². The quantitative estimate of drug-likeness (QED) is 0.461. The molecule has 0 unspecified atom stereocenters. The number of carbonyl (C=O) groups excluding carboxylic acids is 3. The van der Waals surface area contributed by atoms with Crippen LogP contribution in [0, 0.1) is 10.8 Å². The number of rotatable bonds is 5. The molecule has 0 aromatic heterocycles. The first-order valence-corrected chi connectivity index (χ1v) is 12.8. The van der Waals surface area contributed by atoms with E-state index >= 15 is 0 Å². The van der Waals surface area contributed by atoms with Gasteiger partial charge >= 0.3 is 0 Å². The summed E-state index contributed by atoms with van der Waals surface area (Å²) >= 11 is 3.58. The van der Waals surface area contributed by atoms with Crippen molar-refractivity contribution in [3.05, 3.63) is 50.8 Å². The summed E-state index contributed by atoms with van der Waals surface area (Å²) < 4.78 is 6.33. The van der Waals surface area contributed by atoms with Crippen molar-refractivity contribution in [3.63, 3.8) is 0 Å². The second kappa shape index (κ2) is 8.78. The van der Waals surface area contributed by atoms with Crippen LogP contribution in [0.4, 0.5) is 0 Å². The smallest absolute Gasteiger partial charge is 0.167 e. The van der Waals surface area contributed by atoms with Crippen LogP contribution in [0.25, 0.3) is 0 Å². The number of halogens is 1. The van der Waals surface area contributed by atoms with Crippen LogP contribution in [0.2, 0.25) is 0 Å². The summed E-state index contributed by atoms with van der Waals surface area (Å²) in [6.45, 7) is 12.9. The molecule has 0 saturated heterocycles. The predicted molar refractivity (Wildman–Crippen MR) is 136 cm³/mol. The van der Waals surface area contributed by atoms with Gasteiger partial charge in [-0.25, -0.2) is 0 Å². The molecule has 34 heavy (non-hydrogen) atoms. The molecule has 182 valence electrons. The summed E-state index contributed by atoms with van der Waals surface area (Å²) in [4.78, 5) is 40.9. The molecular formula is C28H34BrNO4. The summed E-state index contributed by atoms with van der Waals surface area (Å²) in [5, 5.41) is 0. The van der Waals surface area contributed by atoms with Gasteiger partial charge in [0.15, 0.2) is 17.3 Å². The first-order chi connectivity index (χ1) is 15.8. The van der Waals surface area contributed by atoms with Gasteiger partial charge in [0, 0.05) is 47.8 Å².